The fourth-order valence-corrected chi connectivity index (χ4v) is 0.367. The van der Waals surface area contributed by atoms with E-state index in [2.05, 4.69) is 20.8 Å². The van der Waals surface area contributed by atoms with Gasteiger partial charge in [-0.25, -0.2) is 0 Å². The first-order valence-electron chi connectivity index (χ1n) is 5.11. The molecule has 0 radical (unpaired) electrons. The SMILES string of the molecule is CCC(C)C.CCC(C)OC(C)=O. The van der Waals surface area contributed by atoms with E-state index in [0.717, 1.165) is 12.3 Å². The molecule has 0 aliphatic carbocycles. The van der Waals surface area contributed by atoms with Gasteiger partial charge in [0, 0.05) is 6.92 Å². The van der Waals surface area contributed by atoms with Crippen LogP contribution in [0.1, 0.15) is 54.4 Å². The predicted molar refractivity (Wildman–Crippen MR) is 56.6 cm³/mol. The van der Waals surface area contributed by atoms with Gasteiger partial charge in [-0.15, -0.1) is 0 Å². The maximum absolute atomic E-state index is 10.2. The van der Waals surface area contributed by atoms with Crippen molar-refractivity contribution in [2.75, 3.05) is 0 Å². The van der Waals surface area contributed by atoms with Crippen LogP contribution >= 0.6 is 0 Å². The van der Waals surface area contributed by atoms with Crippen LogP contribution in [0.5, 0.6) is 0 Å². The number of ether oxygens (including phenoxy) is 1. The number of rotatable bonds is 3. The van der Waals surface area contributed by atoms with Crippen molar-refractivity contribution < 1.29 is 9.53 Å². The average molecular weight is 188 g/mol. The zero-order chi connectivity index (χ0) is 10.9. The minimum atomic E-state index is -0.195. The molecule has 0 amide bonds. The third-order valence-corrected chi connectivity index (χ3v) is 1.76. The topological polar surface area (TPSA) is 26.3 Å². The molecule has 0 aromatic rings. The fourth-order valence-electron chi connectivity index (χ4n) is 0.367. The summed E-state index contributed by atoms with van der Waals surface area (Å²) < 4.78 is 4.76. The highest BCUT2D eigenvalue weighted by Crippen LogP contribution is 1.94. The van der Waals surface area contributed by atoms with Gasteiger partial charge in [-0.1, -0.05) is 34.1 Å². The minimum Gasteiger partial charge on any atom is -0.463 e. The molecule has 80 valence electrons. The van der Waals surface area contributed by atoms with Crippen LogP contribution in [0.4, 0.5) is 0 Å². The van der Waals surface area contributed by atoms with E-state index in [9.17, 15) is 4.79 Å². The van der Waals surface area contributed by atoms with Crippen LogP contribution < -0.4 is 0 Å². The molecule has 0 aliphatic heterocycles. The minimum absolute atomic E-state index is 0.0764. The van der Waals surface area contributed by atoms with Gasteiger partial charge in [0.25, 0.3) is 0 Å². The van der Waals surface area contributed by atoms with Crippen LogP contribution in [0.25, 0.3) is 0 Å². The third kappa shape index (κ3) is 18.4. The molecule has 0 aromatic heterocycles. The molecule has 1 atom stereocenters. The molecule has 0 saturated heterocycles. The van der Waals surface area contributed by atoms with Crippen molar-refractivity contribution >= 4 is 5.97 Å². The van der Waals surface area contributed by atoms with Gasteiger partial charge in [0.2, 0.25) is 0 Å². The van der Waals surface area contributed by atoms with E-state index in [1.54, 1.807) is 0 Å². The Morgan fingerprint density at radius 3 is 1.62 bits per heavy atom. The van der Waals surface area contributed by atoms with Gasteiger partial charge in [0.15, 0.2) is 0 Å². The van der Waals surface area contributed by atoms with Gasteiger partial charge < -0.3 is 4.74 Å². The highest BCUT2D eigenvalue weighted by molar-refractivity contribution is 5.66. The normalized spacial score (nSPS) is 11.6. The molecule has 13 heavy (non-hydrogen) atoms. The lowest BCUT2D eigenvalue weighted by atomic mass is 10.2. The summed E-state index contributed by atoms with van der Waals surface area (Å²) >= 11 is 0. The molecule has 0 N–H and O–H groups in total. The highest BCUT2D eigenvalue weighted by Gasteiger charge is 1.99. The Morgan fingerprint density at radius 1 is 1.15 bits per heavy atom. The van der Waals surface area contributed by atoms with Gasteiger partial charge in [-0.3, -0.25) is 4.79 Å². The van der Waals surface area contributed by atoms with Gasteiger partial charge in [-0.05, 0) is 19.3 Å². The van der Waals surface area contributed by atoms with Crippen LogP contribution in [0.2, 0.25) is 0 Å². The van der Waals surface area contributed by atoms with Crippen molar-refractivity contribution in [3.05, 3.63) is 0 Å². The maximum Gasteiger partial charge on any atom is 0.302 e. The fraction of sp³-hybridized carbons (Fsp3) is 0.909. The van der Waals surface area contributed by atoms with E-state index in [0.29, 0.717) is 0 Å². The standard InChI is InChI=1S/C6H12O2.C5H12/c1-4-5(2)8-6(3)7;1-4-5(2)3/h5H,4H2,1-3H3;5H,4H2,1-3H3. The van der Waals surface area contributed by atoms with Crippen LogP contribution in [0.15, 0.2) is 0 Å². The third-order valence-electron chi connectivity index (χ3n) is 1.76. The zero-order valence-electron chi connectivity index (χ0n) is 9.89. The van der Waals surface area contributed by atoms with Gasteiger partial charge in [0.1, 0.15) is 0 Å². The van der Waals surface area contributed by atoms with Crippen molar-refractivity contribution in [2.24, 2.45) is 5.92 Å². The Morgan fingerprint density at radius 2 is 1.54 bits per heavy atom. The molecule has 1 unspecified atom stereocenters. The molecule has 0 rings (SSSR count). The first-order valence-corrected chi connectivity index (χ1v) is 5.11. The molecule has 2 nitrogen and oxygen atoms in total. The lowest BCUT2D eigenvalue weighted by Gasteiger charge is -2.06. The summed E-state index contributed by atoms with van der Waals surface area (Å²) in [6.45, 7) is 11.9. The molecule has 0 heterocycles. The molecule has 2 heteroatoms. The van der Waals surface area contributed by atoms with E-state index >= 15 is 0 Å². The van der Waals surface area contributed by atoms with Crippen LogP contribution in [0, 0.1) is 5.92 Å². The van der Waals surface area contributed by atoms with Gasteiger partial charge in [-0.2, -0.15) is 0 Å². The number of carbonyl (C=O) groups excluding carboxylic acids is 1. The van der Waals surface area contributed by atoms with Gasteiger partial charge in [0.05, 0.1) is 6.10 Å². The lowest BCUT2D eigenvalue weighted by molar-refractivity contribution is -0.145. The number of hydrogen-bond acceptors (Lipinski definition) is 2. The Balaban J connectivity index is 0. The maximum atomic E-state index is 10.2. The first kappa shape index (κ1) is 15.0. The summed E-state index contributed by atoms with van der Waals surface area (Å²) in [6, 6.07) is 0. The number of esters is 1. The second kappa shape index (κ2) is 9.56. The Labute approximate surface area is 82.7 Å². The summed E-state index contributed by atoms with van der Waals surface area (Å²) in [7, 11) is 0. The van der Waals surface area contributed by atoms with E-state index in [1.807, 2.05) is 13.8 Å². The Hall–Kier alpha value is -0.530. The van der Waals surface area contributed by atoms with Crippen molar-refractivity contribution in [2.45, 2.75) is 60.5 Å². The van der Waals surface area contributed by atoms with Crippen molar-refractivity contribution in [3.63, 3.8) is 0 Å². The van der Waals surface area contributed by atoms with E-state index < -0.39 is 0 Å². The lowest BCUT2D eigenvalue weighted by Crippen LogP contribution is -2.09. The first-order chi connectivity index (χ1) is 5.93. The molecular weight excluding hydrogens is 164 g/mol. The molecule has 0 bridgehead atoms. The largest absolute Gasteiger partial charge is 0.463 e. The van der Waals surface area contributed by atoms with E-state index in [4.69, 9.17) is 4.74 Å². The average Bonchev–Trinajstić information content (AvgIpc) is 2.04. The molecule has 0 saturated carbocycles. The summed E-state index contributed by atoms with van der Waals surface area (Å²) in [6.07, 6.45) is 2.27. The van der Waals surface area contributed by atoms with E-state index in [-0.39, 0.29) is 12.1 Å². The summed E-state index contributed by atoms with van der Waals surface area (Å²) in [5.41, 5.74) is 0. The van der Waals surface area contributed by atoms with E-state index in [1.165, 1.54) is 13.3 Å². The molecule has 0 spiro atoms. The smallest absolute Gasteiger partial charge is 0.302 e. The van der Waals surface area contributed by atoms with Crippen molar-refractivity contribution in [3.8, 4) is 0 Å². The van der Waals surface area contributed by atoms with Gasteiger partial charge >= 0.3 is 5.97 Å². The molecule has 0 aromatic carbocycles. The highest BCUT2D eigenvalue weighted by atomic mass is 16.5. The van der Waals surface area contributed by atoms with Crippen LogP contribution in [-0.2, 0) is 9.53 Å². The zero-order valence-corrected chi connectivity index (χ0v) is 9.89. The molecular formula is C11H24O2. The quantitative estimate of drug-likeness (QED) is 0.634. The van der Waals surface area contributed by atoms with Crippen LogP contribution in [0.3, 0.4) is 0 Å². The predicted octanol–water partition coefficient (Wildman–Crippen LogP) is 3.40. The molecule has 0 aliphatic rings. The number of carbonyl (C=O) groups is 1. The summed E-state index contributed by atoms with van der Waals surface area (Å²) in [5, 5.41) is 0. The summed E-state index contributed by atoms with van der Waals surface area (Å²) in [5.74, 6) is 0.689. The Kier molecular flexibility index (Phi) is 11.0. The van der Waals surface area contributed by atoms with Crippen molar-refractivity contribution in [1.29, 1.82) is 0 Å². The Bertz CT molecular complexity index is 119. The van der Waals surface area contributed by atoms with Crippen molar-refractivity contribution in [1.82, 2.24) is 0 Å². The second-order valence-electron chi connectivity index (χ2n) is 3.63. The summed E-state index contributed by atoms with van der Waals surface area (Å²) in [4.78, 5) is 10.2. The second-order valence-corrected chi connectivity index (χ2v) is 3.63. The monoisotopic (exact) mass is 188 g/mol. The van der Waals surface area contributed by atoms with Crippen LogP contribution in [-0.4, -0.2) is 12.1 Å². The molecule has 0 fully saturated rings. The number of hydrogen-bond donors (Lipinski definition) is 0.